The molecule has 0 radical (unpaired) electrons. The third-order valence-electron chi connectivity index (χ3n) is 5.83. The van der Waals surface area contributed by atoms with Gasteiger partial charge in [-0.3, -0.25) is 19.2 Å². The van der Waals surface area contributed by atoms with Gasteiger partial charge in [0, 0.05) is 51.4 Å². The third kappa shape index (κ3) is 4.64. The highest BCUT2D eigenvalue weighted by molar-refractivity contribution is 5.97. The van der Waals surface area contributed by atoms with E-state index in [9.17, 15) is 9.59 Å². The summed E-state index contributed by atoms with van der Waals surface area (Å²) >= 11 is 0. The van der Waals surface area contributed by atoms with Gasteiger partial charge in [0.25, 0.3) is 0 Å². The van der Waals surface area contributed by atoms with Crippen LogP contribution in [-0.4, -0.2) is 75.1 Å². The molecule has 0 aliphatic carbocycles. The number of carbonyl (C=O) groups is 2. The molecule has 0 saturated carbocycles. The van der Waals surface area contributed by atoms with Gasteiger partial charge in [0.2, 0.25) is 11.8 Å². The van der Waals surface area contributed by atoms with Crippen molar-refractivity contribution in [1.82, 2.24) is 24.6 Å². The Morgan fingerprint density at radius 2 is 1.86 bits per heavy atom. The fourth-order valence-electron chi connectivity index (χ4n) is 4.24. The molecule has 2 aliphatic rings. The molecule has 0 N–H and O–H groups in total. The molecule has 1 aromatic heterocycles. The minimum absolute atomic E-state index is 0.0754. The minimum Gasteiger partial charge on any atom is -0.340 e. The molecule has 8 heteroatoms. The first-order valence-corrected chi connectivity index (χ1v) is 10.4. The van der Waals surface area contributed by atoms with Crippen molar-refractivity contribution in [1.29, 1.82) is 0 Å². The first-order valence-electron chi connectivity index (χ1n) is 10.4. The Hall–Kier alpha value is -2.74. The van der Waals surface area contributed by atoms with Gasteiger partial charge >= 0.3 is 0 Å². The summed E-state index contributed by atoms with van der Waals surface area (Å²) in [6, 6.07) is 9.83. The number of hydrogen-bond donors (Lipinski definition) is 0. The maximum Gasteiger partial charge on any atom is 0.244 e. The number of carbonyl (C=O) groups excluding carboxylic acids is 2. The van der Waals surface area contributed by atoms with Crippen LogP contribution in [0.4, 0.5) is 5.69 Å². The molecule has 2 aromatic rings. The normalized spacial score (nSPS) is 20.8. The van der Waals surface area contributed by atoms with Crippen LogP contribution in [0.3, 0.4) is 0 Å². The van der Waals surface area contributed by atoms with Crippen LogP contribution in [0.2, 0.25) is 0 Å². The second-order valence-corrected chi connectivity index (χ2v) is 7.66. The number of para-hydroxylation sites is 1. The summed E-state index contributed by atoms with van der Waals surface area (Å²) in [5, 5.41) is 4.06. The molecule has 29 heavy (non-hydrogen) atoms. The number of hydrogen-bond acceptors (Lipinski definition) is 5. The molecule has 1 aromatic carbocycles. The summed E-state index contributed by atoms with van der Waals surface area (Å²) in [5.74, 6) is 0.376. The minimum atomic E-state index is -0.0754. The largest absolute Gasteiger partial charge is 0.340 e. The average molecular weight is 396 g/mol. The van der Waals surface area contributed by atoms with Gasteiger partial charge in [-0.1, -0.05) is 18.2 Å². The zero-order valence-corrected chi connectivity index (χ0v) is 16.7. The van der Waals surface area contributed by atoms with E-state index in [1.165, 1.54) is 6.33 Å². The standard InChI is InChI=1S/C21H28N6O2/c28-20(9-5-10-26-17-22-16-23-26)25-14-12-24(13-15-25)19-8-4-11-27(21(19)29)18-6-2-1-3-7-18/h1-3,6-7,16-17,19H,4-5,8-15H2/t19-/m1/s1. The van der Waals surface area contributed by atoms with E-state index in [1.807, 2.05) is 40.1 Å². The van der Waals surface area contributed by atoms with Gasteiger partial charge < -0.3 is 9.80 Å². The Bertz CT molecular complexity index is 802. The highest BCUT2D eigenvalue weighted by Crippen LogP contribution is 2.24. The maximum absolute atomic E-state index is 13.1. The maximum atomic E-state index is 13.1. The molecule has 3 heterocycles. The van der Waals surface area contributed by atoms with Crippen LogP contribution in [-0.2, 0) is 16.1 Å². The summed E-state index contributed by atoms with van der Waals surface area (Å²) in [4.78, 5) is 35.6. The predicted octanol–water partition coefficient (Wildman–Crippen LogP) is 1.40. The average Bonchev–Trinajstić information content (AvgIpc) is 3.28. The van der Waals surface area contributed by atoms with Crippen LogP contribution >= 0.6 is 0 Å². The molecule has 2 fully saturated rings. The van der Waals surface area contributed by atoms with Gasteiger partial charge in [0.1, 0.15) is 12.7 Å². The van der Waals surface area contributed by atoms with E-state index in [2.05, 4.69) is 15.0 Å². The quantitative estimate of drug-likeness (QED) is 0.738. The van der Waals surface area contributed by atoms with Crippen LogP contribution in [0.15, 0.2) is 43.0 Å². The second-order valence-electron chi connectivity index (χ2n) is 7.66. The van der Waals surface area contributed by atoms with Gasteiger partial charge in [-0.25, -0.2) is 4.98 Å². The topological polar surface area (TPSA) is 74.6 Å². The number of nitrogens with zero attached hydrogens (tertiary/aromatic N) is 6. The number of aromatic nitrogens is 3. The van der Waals surface area contributed by atoms with Crippen molar-refractivity contribution in [2.24, 2.45) is 0 Å². The smallest absolute Gasteiger partial charge is 0.244 e. The summed E-state index contributed by atoms with van der Waals surface area (Å²) in [7, 11) is 0. The summed E-state index contributed by atoms with van der Waals surface area (Å²) in [5.41, 5.74) is 0.975. The molecule has 0 bridgehead atoms. The second kappa shape index (κ2) is 9.17. The molecule has 2 amide bonds. The van der Waals surface area contributed by atoms with E-state index < -0.39 is 0 Å². The Labute approximate surface area is 171 Å². The lowest BCUT2D eigenvalue weighted by atomic mass is 10.0. The van der Waals surface area contributed by atoms with Crippen molar-refractivity contribution in [2.75, 3.05) is 37.6 Å². The van der Waals surface area contributed by atoms with Crippen molar-refractivity contribution in [3.63, 3.8) is 0 Å². The summed E-state index contributed by atoms with van der Waals surface area (Å²) < 4.78 is 1.75. The van der Waals surface area contributed by atoms with Gasteiger partial charge in [-0.15, -0.1) is 0 Å². The summed E-state index contributed by atoms with van der Waals surface area (Å²) in [6.45, 7) is 4.39. The lowest BCUT2D eigenvalue weighted by Gasteiger charge is -2.42. The molecule has 2 saturated heterocycles. The van der Waals surface area contributed by atoms with Crippen LogP contribution in [0.1, 0.15) is 25.7 Å². The van der Waals surface area contributed by atoms with E-state index in [0.29, 0.717) is 26.1 Å². The van der Waals surface area contributed by atoms with Crippen LogP contribution in [0.5, 0.6) is 0 Å². The molecule has 4 rings (SSSR count). The fraction of sp³-hybridized carbons (Fsp3) is 0.524. The van der Waals surface area contributed by atoms with E-state index in [1.54, 1.807) is 11.0 Å². The first-order chi connectivity index (χ1) is 14.2. The van der Waals surface area contributed by atoms with E-state index in [-0.39, 0.29) is 17.9 Å². The van der Waals surface area contributed by atoms with Crippen LogP contribution < -0.4 is 4.90 Å². The highest BCUT2D eigenvalue weighted by Gasteiger charge is 2.35. The predicted molar refractivity (Wildman–Crippen MR) is 109 cm³/mol. The fourth-order valence-corrected chi connectivity index (χ4v) is 4.24. The number of piperazine rings is 1. The Balaban J connectivity index is 1.26. The number of amides is 2. The lowest BCUT2D eigenvalue weighted by Crippen LogP contribution is -2.58. The number of benzene rings is 1. The van der Waals surface area contributed by atoms with Crippen molar-refractivity contribution in [3.8, 4) is 0 Å². The van der Waals surface area contributed by atoms with E-state index in [0.717, 1.165) is 44.6 Å². The molecule has 2 aliphatic heterocycles. The molecular weight excluding hydrogens is 368 g/mol. The number of aryl methyl sites for hydroxylation is 1. The SMILES string of the molecule is O=C(CCCn1cncn1)N1CCN([C@@H]2CCCN(c3ccccc3)C2=O)CC1. The Morgan fingerprint density at radius 3 is 2.59 bits per heavy atom. The number of piperidine rings is 1. The van der Waals surface area contributed by atoms with Crippen molar-refractivity contribution in [3.05, 3.63) is 43.0 Å². The van der Waals surface area contributed by atoms with E-state index in [4.69, 9.17) is 0 Å². The molecule has 0 spiro atoms. The molecule has 8 nitrogen and oxygen atoms in total. The van der Waals surface area contributed by atoms with E-state index >= 15 is 0 Å². The van der Waals surface area contributed by atoms with Crippen molar-refractivity contribution < 1.29 is 9.59 Å². The van der Waals surface area contributed by atoms with Crippen molar-refractivity contribution in [2.45, 2.75) is 38.3 Å². The molecule has 0 unspecified atom stereocenters. The van der Waals surface area contributed by atoms with Crippen LogP contribution in [0, 0.1) is 0 Å². The third-order valence-corrected chi connectivity index (χ3v) is 5.83. The number of anilines is 1. The number of rotatable bonds is 6. The molecule has 1 atom stereocenters. The highest BCUT2D eigenvalue weighted by atomic mass is 16.2. The van der Waals surface area contributed by atoms with Gasteiger partial charge in [0.15, 0.2) is 0 Å². The van der Waals surface area contributed by atoms with Crippen LogP contribution in [0.25, 0.3) is 0 Å². The van der Waals surface area contributed by atoms with Gasteiger partial charge in [-0.2, -0.15) is 5.10 Å². The zero-order valence-electron chi connectivity index (χ0n) is 16.7. The summed E-state index contributed by atoms with van der Waals surface area (Å²) in [6.07, 6.45) is 6.36. The Kier molecular flexibility index (Phi) is 6.19. The molecule has 154 valence electrons. The lowest BCUT2D eigenvalue weighted by molar-refractivity contribution is -0.134. The molecular formula is C21H28N6O2. The van der Waals surface area contributed by atoms with Gasteiger partial charge in [0.05, 0.1) is 6.04 Å². The van der Waals surface area contributed by atoms with Gasteiger partial charge in [-0.05, 0) is 31.4 Å². The first kappa shape index (κ1) is 19.6. The monoisotopic (exact) mass is 396 g/mol. The zero-order chi connectivity index (χ0) is 20.1. The van der Waals surface area contributed by atoms with Crippen molar-refractivity contribution >= 4 is 17.5 Å². The Morgan fingerprint density at radius 1 is 1.07 bits per heavy atom.